The minimum Gasteiger partial charge on any atom is -0.333 e. The summed E-state index contributed by atoms with van der Waals surface area (Å²) < 4.78 is 2.19. The summed E-state index contributed by atoms with van der Waals surface area (Å²) in [5, 5.41) is 3.10. The molecule has 1 heterocycles. The maximum atomic E-state index is 4.25. The summed E-state index contributed by atoms with van der Waals surface area (Å²) in [6.45, 7) is 1.90. The van der Waals surface area contributed by atoms with Crippen molar-refractivity contribution in [2.45, 2.75) is 13.1 Å². The van der Waals surface area contributed by atoms with E-state index in [9.17, 15) is 0 Å². The van der Waals surface area contributed by atoms with Gasteiger partial charge in [-0.2, -0.15) is 11.8 Å². The molecule has 0 aromatic carbocycles. The lowest BCUT2D eigenvalue weighted by Crippen LogP contribution is -2.12. The molecular formula is C8H15N3S. The maximum Gasteiger partial charge on any atom is 0.122 e. The number of aromatic nitrogens is 2. The predicted molar refractivity (Wildman–Crippen MR) is 53.4 cm³/mol. The molecule has 0 spiro atoms. The predicted octanol–water partition coefficient (Wildman–Crippen LogP) is 0.965. The Hall–Kier alpha value is -0.480. The van der Waals surface area contributed by atoms with Gasteiger partial charge in [-0.15, -0.1) is 0 Å². The van der Waals surface area contributed by atoms with E-state index < -0.39 is 0 Å². The Morgan fingerprint density at radius 1 is 1.67 bits per heavy atom. The first-order chi connectivity index (χ1) is 5.88. The quantitative estimate of drug-likeness (QED) is 0.741. The van der Waals surface area contributed by atoms with Gasteiger partial charge >= 0.3 is 0 Å². The zero-order valence-electron chi connectivity index (χ0n) is 7.58. The maximum absolute atomic E-state index is 4.25. The summed E-state index contributed by atoms with van der Waals surface area (Å²) in [6, 6.07) is 0. The first kappa shape index (κ1) is 9.61. The van der Waals surface area contributed by atoms with Crippen LogP contribution in [0.25, 0.3) is 0 Å². The Labute approximate surface area is 77.6 Å². The summed E-state index contributed by atoms with van der Waals surface area (Å²) >= 11 is 1.86. The van der Waals surface area contributed by atoms with Crippen molar-refractivity contribution >= 4 is 11.8 Å². The van der Waals surface area contributed by atoms with Crippen LogP contribution in [0.1, 0.15) is 5.82 Å². The Balaban J connectivity index is 2.51. The fraction of sp³-hybridized carbons (Fsp3) is 0.625. The molecule has 68 valence electrons. The van der Waals surface area contributed by atoms with Crippen LogP contribution < -0.4 is 5.32 Å². The Kier molecular flexibility index (Phi) is 4.18. The van der Waals surface area contributed by atoms with Crippen LogP contribution in [0.3, 0.4) is 0 Å². The standard InChI is InChI=1S/C8H15N3S/c1-9-7-8-10-3-4-11(8)5-6-12-2/h3-4,9H,5-7H2,1-2H3. The zero-order valence-corrected chi connectivity index (χ0v) is 8.40. The Morgan fingerprint density at radius 2 is 2.50 bits per heavy atom. The van der Waals surface area contributed by atoms with Crippen LogP contribution in [0.2, 0.25) is 0 Å². The summed E-state index contributed by atoms with van der Waals surface area (Å²) in [5.41, 5.74) is 0. The average molecular weight is 185 g/mol. The molecule has 0 aliphatic rings. The number of aryl methyl sites for hydroxylation is 1. The van der Waals surface area contributed by atoms with E-state index in [4.69, 9.17) is 0 Å². The Morgan fingerprint density at radius 3 is 3.17 bits per heavy atom. The van der Waals surface area contributed by atoms with E-state index in [0.717, 1.165) is 24.7 Å². The highest BCUT2D eigenvalue weighted by molar-refractivity contribution is 7.98. The molecule has 0 saturated carbocycles. The molecule has 0 atom stereocenters. The van der Waals surface area contributed by atoms with E-state index in [-0.39, 0.29) is 0 Å². The van der Waals surface area contributed by atoms with E-state index in [1.54, 1.807) is 0 Å². The van der Waals surface area contributed by atoms with Gasteiger partial charge in [0.2, 0.25) is 0 Å². The summed E-state index contributed by atoms with van der Waals surface area (Å²) in [5.74, 6) is 2.26. The molecular weight excluding hydrogens is 170 g/mol. The number of rotatable bonds is 5. The molecule has 1 aromatic heterocycles. The van der Waals surface area contributed by atoms with Crippen LogP contribution in [-0.2, 0) is 13.1 Å². The third-order valence-corrected chi connectivity index (χ3v) is 2.26. The zero-order chi connectivity index (χ0) is 8.81. The van der Waals surface area contributed by atoms with Crippen molar-refractivity contribution < 1.29 is 0 Å². The second kappa shape index (κ2) is 5.22. The number of thioether (sulfide) groups is 1. The molecule has 4 heteroatoms. The lowest BCUT2D eigenvalue weighted by Gasteiger charge is -2.05. The van der Waals surface area contributed by atoms with Crippen molar-refractivity contribution in [2.24, 2.45) is 0 Å². The molecule has 1 aromatic rings. The fourth-order valence-corrected chi connectivity index (χ4v) is 1.44. The molecule has 1 N–H and O–H groups in total. The first-order valence-corrected chi connectivity index (χ1v) is 5.41. The van der Waals surface area contributed by atoms with Gasteiger partial charge in [0.05, 0.1) is 6.54 Å². The number of imidazole rings is 1. The second-order valence-electron chi connectivity index (χ2n) is 2.56. The van der Waals surface area contributed by atoms with Gasteiger partial charge in [0, 0.05) is 24.7 Å². The molecule has 3 nitrogen and oxygen atoms in total. The number of nitrogens with zero attached hydrogens (tertiary/aromatic N) is 2. The van der Waals surface area contributed by atoms with Crippen molar-refractivity contribution in [1.82, 2.24) is 14.9 Å². The smallest absolute Gasteiger partial charge is 0.122 e. The molecule has 0 aliphatic carbocycles. The lowest BCUT2D eigenvalue weighted by molar-refractivity contribution is 0.661. The molecule has 1 rings (SSSR count). The van der Waals surface area contributed by atoms with Crippen molar-refractivity contribution in [2.75, 3.05) is 19.1 Å². The normalized spacial score (nSPS) is 10.5. The highest BCUT2D eigenvalue weighted by Gasteiger charge is 1.99. The molecule has 0 saturated heterocycles. The summed E-state index contributed by atoms with van der Waals surface area (Å²) in [4.78, 5) is 4.25. The molecule has 0 radical (unpaired) electrons. The monoisotopic (exact) mass is 185 g/mol. The van der Waals surface area contributed by atoms with Crippen molar-refractivity contribution in [3.8, 4) is 0 Å². The van der Waals surface area contributed by atoms with Crippen LogP contribution in [0.5, 0.6) is 0 Å². The summed E-state index contributed by atoms with van der Waals surface area (Å²) in [6.07, 6.45) is 6.00. The number of nitrogens with one attached hydrogen (secondary N) is 1. The van der Waals surface area contributed by atoms with Crippen LogP contribution in [0, 0.1) is 0 Å². The van der Waals surface area contributed by atoms with Gasteiger partial charge in [0.1, 0.15) is 5.82 Å². The van der Waals surface area contributed by atoms with Gasteiger partial charge in [-0.05, 0) is 13.3 Å². The topological polar surface area (TPSA) is 29.9 Å². The van der Waals surface area contributed by atoms with Crippen molar-refractivity contribution in [3.05, 3.63) is 18.2 Å². The fourth-order valence-electron chi connectivity index (χ4n) is 1.06. The highest BCUT2D eigenvalue weighted by Crippen LogP contribution is 2.00. The van der Waals surface area contributed by atoms with Crippen LogP contribution in [0.4, 0.5) is 0 Å². The molecule has 0 aliphatic heterocycles. The summed E-state index contributed by atoms with van der Waals surface area (Å²) in [7, 11) is 1.94. The number of hydrogen-bond acceptors (Lipinski definition) is 3. The van der Waals surface area contributed by atoms with E-state index in [0.29, 0.717) is 0 Å². The third kappa shape index (κ3) is 2.53. The van der Waals surface area contributed by atoms with Gasteiger partial charge < -0.3 is 9.88 Å². The van der Waals surface area contributed by atoms with E-state index in [2.05, 4.69) is 21.1 Å². The lowest BCUT2D eigenvalue weighted by atomic mass is 10.5. The highest BCUT2D eigenvalue weighted by atomic mass is 32.2. The van der Waals surface area contributed by atoms with Gasteiger partial charge in [-0.1, -0.05) is 0 Å². The van der Waals surface area contributed by atoms with Crippen LogP contribution in [-0.4, -0.2) is 28.6 Å². The van der Waals surface area contributed by atoms with E-state index >= 15 is 0 Å². The van der Waals surface area contributed by atoms with E-state index in [1.165, 1.54) is 0 Å². The van der Waals surface area contributed by atoms with Crippen LogP contribution >= 0.6 is 11.8 Å². The molecule has 0 bridgehead atoms. The molecule has 12 heavy (non-hydrogen) atoms. The Bertz CT molecular complexity index is 222. The largest absolute Gasteiger partial charge is 0.333 e. The van der Waals surface area contributed by atoms with Gasteiger partial charge in [-0.3, -0.25) is 0 Å². The van der Waals surface area contributed by atoms with Gasteiger partial charge in [0.25, 0.3) is 0 Å². The minimum absolute atomic E-state index is 0.849. The van der Waals surface area contributed by atoms with Gasteiger partial charge in [-0.25, -0.2) is 4.98 Å². The van der Waals surface area contributed by atoms with Crippen molar-refractivity contribution in [1.29, 1.82) is 0 Å². The molecule has 0 unspecified atom stereocenters. The van der Waals surface area contributed by atoms with Crippen molar-refractivity contribution in [3.63, 3.8) is 0 Å². The van der Waals surface area contributed by atoms with Crippen LogP contribution in [0.15, 0.2) is 12.4 Å². The third-order valence-electron chi connectivity index (χ3n) is 1.67. The SMILES string of the molecule is CNCc1nccn1CCSC. The first-order valence-electron chi connectivity index (χ1n) is 4.02. The van der Waals surface area contributed by atoms with E-state index in [1.807, 2.05) is 31.2 Å². The van der Waals surface area contributed by atoms with Gasteiger partial charge in [0.15, 0.2) is 0 Å². The molecule has 0 fully saturated rings. The number of hydrogen-bond donors (Lipinski definition) is 1. The minimum atomic E-state index is 0.849. The second-order valence-corrected chi connectivity index (χ2v) is 3.55. The molecule has 0 amide bonds. The average Bonchev–Trinajstić information content (AvgIpc) is 2.50.